The standard InChI is InChI=1S/C8H15Br/c1-6-3-4-8(9)7(2)5-6/h6-8H,3-5H2,1-2H3/t6-,7+,8+/m1/s1. The van der Waals surface area contributed by atoms with E-state index in [0.717, 1.165) is 16.7 Å². The molecule has 1 heteroatoms. The van der Waals surface area contributed by atoms with E-state index in [1.54, 1.807) is 0 Å². The van der Waals surface area contributed by atoms with E-state index in [-0.39, 0.29) is 0 Å². The lowest BCUT2D eigenvalue weighted by molar-refractivity contribution is 0.314. The van der Waals surface area contributed by atoms with E-state index < -0.39 is 0 Å². The first kappa shape index (κ1) is 7.59. The average Bonchev–Trinajstić information content (AvgIpc) is 1.80. The van der Waals surface area contributed by atoms with Crippen LogP contribution >= 0.6 is 15.9 Å². The summed E-state index contributed by atoms with van der Waals surface area (Å²) in [6.45, 7) is 4.70. The Morgan fingerprint density at radius 2 is 1.89 bits per heavy atom. The molecule has 0 amide bonds. The van der Waals surface area contributed by atoms with Gasteiger partial charge in [0.15, 0.2) is 0 Å². The van der Waals surface area contributed by atoms with E-state index in [0.29, 0.717) is 0 Å². The Morgan fingerprint density at radius 1 is 1.22 bits per heavy atom. The quantitative estimate of drug-likeness (QED) is 0.516. The minimum absolute atomic E-state index is 0.800. The predicted octanol–water partition coefficient (Wildman–Crippen LogP) is 3.21. The topological polar surface area (TPSA) is 0 Å². The Balaban J connectivity index is 2.35. The zero-order chi connectivity index (χ0) is 6.85. The fraction of sp³-hybridized carbons (Fsp3) is 1.00. The van der Waals surface area contributed by atoms with Crippen LogP contribution in [0.15, 0.2) is 0 Å². The van der Waals surface area contributed by atoms with Crippen molar-refractivity contribution in [3.05, 3.63) is 0 Å². The van der Waals surface area contributed by atoms with E-state index in [1.807, 2.05) is 0 Å². The summed E-state index contributed by atoms with van der Waals surface area (Å²) >= 11 is 3.68. The highest BCUT2D eigenvalue weighted by Gasteiger charge is 2.22. The van der Waals surface area contributed by atoms with E-state index in [2.05, 4.69) is 29.8 Å². The lowest BCUT2D eigenvalue weighted by Crippen LogP contribution is -2.20. The molecule has 1 fully saturated rings. The molecule has 1 rings (SSSR count). The summed E-state index contributed by atoms with van der Waals surface area (Å²) < 4.78 is 0. The summed E-state index contributed by atoms with van der Waals surface area (Å²) in [6, 6.07) is 0. The molecular formula is C8H15Br. The van der Waals surface area contributed by atoms with Gasteiger partial charge in [0.1, 0.15) is 0 Å². The second-order valence-corrected chi connectivity index (χ2v) is 4.59. The largest absolute Gasteiger partial charge is 0.0888 e. The lowest BCUT2D eigenvalue weighted by atomic mass is 9.84. The number of alkyl halides is 1. The maximum absolute atomic E-state index is 3.68. The molecule has 0 radical (unpaired) electrons. The molecule has 0 spiro atoms. The van der Waals surface area contributed by atoms with Crippen molar-refractivity contribution in [2.24, 2.45) is 11.8 Å². The van der Waals surface area contributed by atoms with Crippen LogP contribution in [-0.4, -0.2) is 4.83 Å². The van der Waals surface area contributed by atoms with Gasteiger partial charge in [-0.1, -0.05) is 29.8 Å². The summed E-state index contributed by atoms with van der Waals surface area (Å²) in [5.74, 6) is 1.86. The molecule has 0 unspecified atom stereocenters. The second-order valence-electron chi connectivity index (χ2n) is 3.41. The van der Waals surface area contributed by atoms with Gasteiger partial charge in [0.2, 0.25) is 0 Å². The number of halogens is 1. The van der Waals surface area contributed by atoms with Crippen molar-refractivity contribution in [1.29, 1.82) is 0 Å². The molecular weight excluding hydrogens is 176 g/mol. The molecule has 0 nitrogen and oxygen atoms in total. The van der Waals surface area contributed by atoms with Gasteiger partial charge in [0.05, 0.1) is 0 Å². The first-order valence-electron chi connectivity index (χ1n) is 3.84. The van der Waals surface area contributed by atoms with Gasteiger partial charge in [0, 0.05) is 4.83 Å². The smallest absolute Gasteiger partial charge is 0.0171 e. The number of hydrogen-bond acceptors (Lipinski definition) is 0. The van der Waals surface area contributed by atoms with Gasteiger partial charge in [-0.3, -0.25) is 0 Å². The van der Waals surface area contributed by atoms with Crippen molar-refractivity contribution in [3.63, 3.8) is 0 Å². The first-order chi connectivity index (χ1) is 4.20. The molecule has 0 aliphatic heterocycles. The maximum Gasteiger partial charge on any atom is 0.0171 e. The summed E-state index contributed by atoms with van der Waals surface area (Å²) in [7, 11) is 0. The van der Waals surface area contributed by atoms with Crippen LogP contribution in [0.4, 0.5) is 0 Å². The monoisotopic (exact) mass is 190 g/mol. The van der Waals surface area contributed by atoms with Crippen molar-refractivity contribution in [1.82, 2.24) is 0 Å². The molecule has 1 aliphatic carbocycles. The molecule has 0 aromatic heterocycles. The third kappa shape index (κ3) is 1.96. The Labute approximate surface area is 66.2 Å². The highest BCUT2D eigenvalue weighted by Crippen LogP contribution is 2.32. The highest BCUT2D eigenvalue weighted by atomic mass is 79.9. The Kier molecular flexibility index (Phi) is 2.57. The van der Waals surface area contributed by atoms with Gasteiger partial charge in [-0.2, -0.15) is 0 Å². The molecule has 9 heavy (non-hydrogen) atoms. The fourth-order valence-corrected chi connectivity index (χ4v) is 2.11. The van der Waals surface area contributed by atoms with Crippen LogP contribution in [0, 0.1) is 11.8 Å². The van der Waals surface area contributed by atoms with Crippen molar-refractivity contribution in [2.75, 3.05) is 0 Å². The van der Waals surface area contributed by atoms with E-state index >= 15 is 0 Å². The highest BCUT2D eigenvalue weighted by molar-refractivity contribution is 9.09. The normalized spacial score (nSPS) is 45.0. The van der Waals surface area contributed by atoms with Crippen molar-refractivity contribution in [3.8, 4) is 0 Å². The summed E-state index contributed by atoms with van der Waals surface area (Å²) in [4.78, 5) is 0.800. The van der Waals surface area contributed by atoms with Gasteiger partial charge in [-0.05, 0) is 31.1 Å². The van der Waals surface area contributed by atoms with Crippen LogP contribution in [-0.2, 0) is 0 Å². The molecule has 0 N–H and O–H groups in total. The molecule has 0 heterocycles. The molecule has 0 saturated heterocycles. The molecule has 54 valence electrons. The summed E-state index contributed by atoms with van der Waals surface area (Å²) in [5, 5.41) is 0. The van der Waals surface area contributed by atoms with Crippen molar-refractivity contribution in [2.45, 2.75) is 37.9 Å². The van der Waals surface area contributed by atoms with E-state index in [4.69, 9.17) is 0 Å². The minimum atomic E-state index is 0.800. The van der Waals surface area contributed by atoms with Crippen molar-refractivity contribution >= 4 is 15.9 Å². The van der Waals surface area contributed by atoms with Crippen LogP contribution in [0.1, 0.15) is 33.1 Å². The van der Waals surface area contributed by atoms with Crippen LogP contribution in [0.5, 0.6) is 0 Å². The fourth-order valence-electron chi connectivity index (χ4n) is 1.63. The SMILES string of the molecule is C[C@@H]1CC[C@H](Br)[C@@H](C)C1. The summed E-state index contributed by atoms with van der Waals surface area (Å²) in [5.41, 5.74) is 0. The molecule has 0 aromatic carbocycles. The third-order valence-corrected chi connectivity index (χ3v) is 3.69. The molecule has 1 aliphatic rings. The van der Waals surface area contributed by atoms with Gasteiger partial charge in [0.25, 0.3) is 0 Å². The van der Waals surface area contributed by atoms with Gasteiger partial charge < -0.3 is 0 Å². The van der Waals surface area contributed by atoms with Crippen LogP contribution in [0.3, 0.4) is 0 Å². The van der Waals surface area contributed by atoms with Gasteiger partial charge >= 0.3 is 0 Å². The first-order valence-corrected chi connectivity index (χ1v) is 4.75. The second kappa shape index (κ2) is 3.05. The van der Waals surface area contributed by atoms with Crippen molar-refractivity contribution < 1.29 is 0 Å². The van der Waals surface area contributed by atoms with Crippen LogP contribution in [0.25, 0.3) is 0 Å². The van der Waals surface area contributed by atoms with Crippen LogP contribution < -0.4 is 0 Å². The van der Waals surface area contributed by atoms with Gasteiger partial charge in [-0.15, -0.1) is 0 Å². The zero-order valence-electron chi connectivity index (χ0n) is 6.23. The number of rotatable bonds is 0. The molecule has 1 saturated carbocycles. The Bertz CT molecular complexity index is 90.6. The van der Waals surface area contributed by atoms with E-state index in [9.17, 15) is 0 Å². The maximum atomic E-state index is 3.68. The predicted molar refractivity (Wildman–Crippen MR) is 44.9 cm³/mol. The average molecular weight is 191 g/mol. The van der Waals surface area contributed by atoms with E-state index in [1.165, 1.54) is 19.3 Å². The van der Waals surface area contributed by atoms with Gasteiger partial charge in [-0.25, -0.2) is 0 Å². The molecule has 0 aromatic rings. The molecule has 3 atom stereocenters. The Morgan fingerprint density at radius 3 is 2.33 bits per heavy atom. The minimum Gasteiger partial charge on any atom is -0.0888 e. The third-order valence-electron chi connectivity index (χ3n) is 2.33. The molecule has 0 bridgehead atoms. The Hall–Kier alpha value is 0.480. The summed E-state index contributed by atoms with van der Waals surface area (Å²) in [6.07, 6.45) is 4.21. The number of hydrogen-bond donors (Lipinski definition) is 0. The lowest BCUT2D eigenvalue weighted by Gasteiger charge is -2.28. The van der Waals surface area contributed by atoms with Crippen LogP contribution in [0.2, 0.25) is 0 Å². The zero-order valence-corrected chi connectivity index (χ0v) is 7.82.